The summed E-state index contributed by atoms with van der Waals surface area (Å²) in [7, 11) is 0. The standard InChI is InChI=1S/C10H8ClN3O2/c11-7-4-6(10(15)16)5-8(12)9(7)14-3-1-2-13-14/h1-5H,12H2,(H,15,16). The molecule has 0 radical (unpaired) electrons. The minimum absolute atomic E-state index is 0.0541. The summed E-state index contributed by atoms with van der Waals surface area (Å²) in [5.41, 5.74) is 6.55. The second-order valence-corrected chi connectivity index (χ2v) is 3.56. The van der Waals surface area contributed by atoms with Gasteiger partial charge in [0.2, 0.25) is 0 Å². The molecule has 2 rings (SSSR count). The van der Waals surface area contributed by atoms with E-state index in [9.17, 15) is 4.79 Å². The van der Waals surface area contributed by atoms with E-state index < -0.39 is 5.97 Å². The molecule has 0 bridgehead atoms. The van der Waals surface area contributed by atoms with Gasteiger partial charge in [0, 0.05) is 12.4 Å². The number of rotatable bonds is 2. The second-order valence-electron chi connectivity index (χ2n) is 3.15. The molecule has 82 valence electrons. The average molecular weight is 238 g/mol. The zero-order chi connectivity index (χ0) is 11.7. The number of hydrogen-bond donors (Lipinski definition) is 2. The summed E-state index contributed by atoms with van der Waals surface area (Å²) >= 11 is 5.97. The van der Waals surface area contributed by atoms with Gasteiger partial charge in [0.25, 0.3) is 0 Å². The summed E-state index contributed by atoms with van der Waals surface area (Å²) < 4.78 is 1.49. The van der Waals surface area contributed by atoms with Crippen molar-refractivity contribution in [3.8, 4) is 5.69 Å². The van der Waals surface area contributed by atoms with Gasteiger partial charge in [-0.25, -0.2) is 9.48 Å². The van der Waals surface area contributed by atoms with Crippen LogP contribution < -0.4 is 5.73 Å². The molecule has 5 nitrogen and oxygen atoms in total. The van der Waals surface area contributed by atoms with E-state index in [1.54, 1.807) is 18.5 Å². The molecular weight excluding hydrogens is 230 g/mol. The number of hydrogen-bond acceptors (Lipinski definition) is 3. The van der Waals surface area contributed by atoms with Crippen LogP contribution in [0.15, 0.2) is 30.6 Å². The number of halogens is 1. The molecule has 2 aromatic rings. The van der Waals surface area contributed by atoms with Crippen LogP contribution in [0.3, 0.4) is 0 Å². The molecule has 0 saturated heterocycles. The number of carboxylic acid groups (broad SMARTS) is 1. The van der Waals surface area contributed by atoms with E-state index in [-0.39, 0.29) is 16.3 Å². The molecule has 0 aliphatic heterocycles. The molecule has 1 aromatic heterocycles. The maximum atomic E-state index is 10.8. The van der Waals surface area contributed by atoms with Crippen molar-refractivity contribution in [1.82, 2.24) is 9.78 Å². The summed E-state index contributed by atoms with van der Waals surface area (Å²) in [4.78, 5) is 10.8. The number of aromatic carboxylic acids is 1. The minimum atomic E-state index is -1.07. The minimum Gasteiger partial charge on any atom is -0.478 e. The van der Waals surface area contributed by atoms with Crippen LogP contribution in [0.5, 0.6) is 0 Å². The number of anilines is 1. The maximum absolute atomic E-state index is 10.8. The number of carboxylic acids is 1. The molecule has 16 heavy (non-hydrogen) atoms. The fraction of sp³-hybridized carbons (Fsp3) is 0. The van der Waals surface area contributed by atoms with Gasteiger partial charge in [0.05, 0.1) is 16.3 Å². The molecule has 0 fully saturated rings. The lowest BCUT2D eigenvalue weighted by Gasteiger charge is -2.09. The van der Waals surface area contributed by atoms with Crippen molar-refractivity contribution in [2.75, 3.05) is 5.73 Å². The van der Waals surface area contributed by atoms with Gasteiger partial charge >= 0.3 is 5.97 Å². The SMILES string of the molecule is Nc1cc(C(=O)O)cc(Cl)c1-n1cccn1. The number of carbonyl (C=O) groups is 1. The van der Waals surface area contributed by atoms with Crippen molar-refractivity contribution in [2.45, 2.75) is 0 Å². The first-order valence-corrected chi connectivity index (χ1v) is 4.79. The Morgan fingerprint density at radius 3 is 2.75 bits per heavy atom. The summed E-state index contributed by atoms with van der Waals surface area (Å²) in [5, 5.41) is 13.1. The van der Waals surface area contributed by atoms with Crippen LogP contribution in [-0.2, 0) is 0 Å². The molecule has 0 amide bonds. The third kappa shape index (κ3) is 1.72. The molecule has 0 atom stereocenters. The molecule has 1 heterocycles. The predicted octanol–water partition coefficient (Wildman–Crippen LogP) is 1.81. The van der Waals surface area contributed by atoms with E-state index in [4.69, 9.17) is 22.4 Å². The normalized spacial score (nSPS) is 10.3. The van der Waals surface area contributed by atoms with E-state index in [0.717, 1.165) is 0 Å². The molecule has 6 heteroatoms. The summed E-state index contributed by atoms with van der Waals surface area (Å²) in [6.45, 7) is 0. The largest absolute Gasteiger partial charge is 0.478 e. The van der Waals surface area contributed by atoms with Gasteiger partial charge in [0.1, 0.15) is 5.69 Å². The Morgan fingerprint density at radius 2 is 2.25 bits per heavy atom. The fourth-order valence-electron chi connectivity index (χ4n) is 1.39. The van der Waals surface area contributed by atoms with Crippen molar-refractivity contribution in [1.29, 1.82) is 0 Å². The molecular formula is C10H8ClN3O2. The fourth-order valence-corrected chi connectivity index (χ4v) is 1.70. The lowest BCUT2D eigenvalue weighted by Crippen LogP contribution is -2.05. The summed E-state index contributed by atoms with van der Waals surface area (Å²) in [5.74, 6) is -1.07. The second kappa shape index (κ2) is 3.86. The topological polar surface area (TPSA) is 81.1 Å². The number of benzene rings is 1. The highest BCUT2D eigenvalue weighted by molar-refractivity contribution is 6.33. The molecule has 0 aliphatic carbocycles. The van der Waals surface area contributed by atoms with Crippen LogP contribution in [0.4, 0.5) is 5.69 Å². The van der Waals surface area contributed by atoms with E-state index in [1.165, 1.54) is 16.8 Å². The average Bonchev–Trinajstić information content (AvgIpc) is 2.69. The van der Waals surface area contributed by atoms with Gasteiger partial charge in [-0.3, -0.25) is 0 Å². The summed E-state index contributed by atoms with van der Waals surface area (Å²) in [6.07, 6.45) is 3.26. The van der Waals surface area contributed by atoms with Crippen molar-refractivity contribution < 1.29 is 9.90 Å². The first kappa shape index (κ1) is 10.5. The van der Waals surface area contributed by atoms with Crippen LogP contribution >= 0.6 is 11.6 Å². The lowest BCUT2D eigenvalue weighted by molar-refractivity contribution is 0.0697. The van der Waals surface area contributed by atoms with Gasteiger partial charge < -0.3 is 10.8 Å². The highest BCUT2D eigenvalue weighted by Gasteiger charge is 2.12. The molecule has 0 saturated carbocycles. The van der Waals surface area contributed by atoms with E-state index in [0.29, 0.717) is 5.69 Å². The lowest BCUT2D eigenvalue weighted by atomic mass is 10.1. The Kier molecular flexibility index (Phi) is 2.54. The van der Waals surface area contributed by atoms with Gasteiger partial charge in [-0.1, -0.05) is 11.6 Å². The zero-order valence-corrected chi connectivity index (χ0v) is 8.85. The first-order valence-electron chi connectivity index (χ1n) is 4.42. The molecule has 0 aliphatic rings. The van der Waals surface area contributed by atoms with Gasteiger partial charge in [-0.15, -0.1) is 0 Å². The maximum Gasteiger partial charge on any atom is 0.335 e. The molecule has 0 spiro atoms. The highest BCUT2D eigenvalue weighted by atomic mass is 35.5. The number of aromatic nitrogens is 2. The third-order valence-electron chi connectivity index (χ3n) is 2.07. The van der Waals surface area contributed by atoms with Crippen LogP contribution in [-0.4, -0.2) is 20.9 Å². The van der Waals surface area contributed by atoms with Crippen LogP contribution in [0.2, 0.25) is 5.02 Å². The number of nitrogens with two attached hydrogens (primary N) is 1. The van der Waals surface area contributed by atoms with Crippen LogP contribution in [0.25, 0.3) is 5.69 Å². The smallest absolute Gasteiger partial charge is 0.335 e. The van der Waals surface area contributed by atoms with Crippen molar-refractivity contribution in [3.05, 3.63) is 41.2 Å². The van der Waals surface area contributed by atoms with E-state index in [1.807, 2.05) is 0 Å². The zero-order valence-electron chi connectivity index (χ0n) is 8.09. The Bertz CT molecular complexity index is 514. The third-order valence-corrected chi connectivity index (χ3v) is 2.36. The predicted molar refractivity (Wildman–Crippen MR) is 59.9 cm³/mol. The van der Waals surface area contributed by atoms with Gasteiger partial charge in [-0.2, -0.15) is 5.10 Å². The van der Waals surface area contributed by atoms with E-state index >= 15 is 0 Å². The summed E-state index contributed by atoms with van der Waals surface area (Å²) in [6, 6.07) is 4.42. The number of nitrogen functional groups attached to an aromatic ring is 1. The Morgan fingerprint density at radius 1 is 1.50 bits per heavy atom. The Balaban J connectivity index is 2.61. The highest BCUT2D eigenvalue weighted by Crippen LogP contribution is 2.27. The van der Waals surface area contributed by atoms with Gasteiger partial charge in [-0.05, 0) is 18.2 Å². The van der Waals surface area contributed by atoms with Crippen molar-refractivity contribution in [3.63, 3.8) is 0 Å². The van der Waals surface area contributed by atoms with Crippen LogP contribution in [0.1, 0.15) is 10.4 Å². The Hall–Kier alpha value is -2.01. The quantitative estimate of drug-likeness (QED) is 0.781. The monoisotopic (exact) mass is 237 g/mol. The number of nitrogens with zero attached hydrogens (tertiary/aromatic N) is 2. The molecule has 0 unspecified atom stereocenters. The Labute approximate surface area is 96.1 Å². The first-order chi connectivity index (χ1) is 7.59. The van der Waals surface area contributed by atoms with Gasteiger partial charge in [0.15, 0.2) is 0 Å². The van der Waals surface area contributed by atoms with Crippen LogP contribution in [0, 0.1) is 0 Å². The van der Waals surface area contributed by atoms with E-state index in [2.05, 4.69) is 5.10 Å². The molecule has 1 aromatic carbocycles. The van der Waals surface area contributed by atoms with Crippen molar-refractivity contribution in [2.24, 2.45) is 0 Å². The van der Waals surface area contributed by atoms with Crippen molar-refractivity contribution >= 4 is 23.3 Å². The molecule has 3 N–H and O–H groups in total.